The Morgan fingerprint density at radius 3 is 2.34 bits per heavy atom. The van der Waals surface area contributed by atoms with Gasteiger partial charge in [0.15, 0.2) is 12.6 Å². The Kier molecular flexibility index (Phi) is 5.58. The minimum Gasteiger partial charge on any atom is -0.507 e. The van der Waals surface area contributed by atoms with E-state index >= 15 is 0 Å². The molecule has 5 atom stereocenters. The molecule has 2 N–H and O–H groups in total. The maximum atomic E-state index is 12.2. The van der Waals surface area contributed by atoms with Crippen molar-refractivity contribution in [1.82, 2.24) is 0 Å². The van der Waals surface area contributed by atoms with Crippen molar-refractivity contribution in [3.63, 3.8) is 0 Å². The van der Waals surface area contributed by atoms with E-state index in [0.29, 0.717) is 24.1 Å². The van der Waals surface area contributed by atoms with Crippen molar-refractivity contribution in [2.45, 2.75) is 65.4 Å². The zero-order valence-corrected chi connectivity index (χ0v) is 20.9. The zero-order chi connectivity index (χ0) is 25.1. The van der Waals surface area contributed by atoms with E-state index in [4.69, 9.17) is 4.74 Å². The molecule has 0 unspecified atom stereocenters. The third-order valence-corrected chi connectivity index (χ3v) is 9.16. The molecule has 0 amide bonds. The van der Waals surface area contributed by atoms with Crippen LogP contribution in [-0.4, -0.2) is 28.9 Å². The molecule has 1 heterocycles. The highest BCUT2D eigenvalue weighted by Crippen LogP contribution is 2.70. The second-order valence-electron chi connectivity index (χ2n) is 11.5. The predicted octanol–water partition coefficient (Wildman–Crippen LogP) is 6.41. The molecule has 0 saturated heterocycles. The third-order valence-electron chi connectivity index (χ3n) is 9.16. The molecule has 1 aliphatic heterocycles. The number of hydrogen-bond acceptors (Lipinski definition) is 5. The van der Waals surface area contributed by atoms with Crippen molar-refractivity contribution >= 4 is 12.6 Å². The number of aromatic hydroxyl groups is 2. The Bertz CT molecular complexity index is 1210. The Hall–Kier alpha value is -3.08. The molecule has 35 heavy (non-hydrogen) atoms. The van der Waals surface area contributed by atoms with Crippen molar-refractivity contribution in [1.29, 1.82) is 0 Å². The number of allylic oxidation sites excluding steroid dienone is 2. The van der Waals surface area contributed by atoms with Gasteiger partial charge in [-0.25, -0.2) is 0 Å². The number of aldehydes is 2. The standard InChI is InChI=1S/C30H34O5/c1-17-9-8-12-21-24(29(21,2)3)28-30(4,14-13-17)23(18-10-6-5-7-11-18)22-26(34)19(15-31)25(33)20(16-32)27(22)35-28/h5-7,10-11,13,15-16,21,23-24,28,33-34H,8-9,12,14H2,1-4H3/b17-13-/t21-,23+,24+,28+,30-/m1/s1. The summed E-state index contributed by atoms with van der Waals surface area (Å²) in [5.41, 5.74) is 2.02. The highest BCUT2D eigenvalue weighted by atomic mass is 16.5. The lowest BCUT2D eigenvalue weighted by molar-refractivity contribution is -0.00140. The lowest BCUT2D eigenvalue weighted by Crippen LogP contribution is -2.48. The first-order valence-corrected chi connectivity index (χ1v) is 12.6. The molecule has 184 valence electrons. The van der Waals surface area contributed by atoms with Crippen LogP contribution in [0.5, 0.6) is 17.2 Å². The van der Waals surface area contributed by atoms with Crippen molar-refractivity contribution < 1.29 is 24.5 Å². The van der Waals surface area contributed by atoms with Gasteiger partial charge in [0, 0.05) is 22.8 Å². The highest BCUT2D eigenvalue weighted by Gasteiger charge is 2.67. The smallest absolute Gasteiger partial charge is 0.157 e. The van der Waals surface area contributed by atoms with Gasteiger partial charge in [0.05, 0.1) is 11.1 Å². The van der Waals surface area contributed by atoms with E-state index in [2.05, 4.69) is 33.8 Å². The van der Waals surface area contributed by atoms with E-state index < -0.39 is 11.2 Å². The fraction of sp³-hybridized carbons (Fsp3) is 0.467. The summed E-state index contributed by atoms with van der Waals surface area (Å²) in [7, 11) is 0. The lowest BCUT2D eigenvalue weighted by atomic mass is 9.61. The molecular weight excluding hydrogens is 440 g/mol. The van der Waals surface area contributed by atoms with Crippen LogP contribution in [0.2, 0.25) is 0 Å². The molecule has 2 aromatic carbocycles. The van der Waals surface area contributed by atoms with E-state index in [1.165, 1.54) is 5.57 Å². The van der Waals surface area contributed by atoms with Crippen molar-refractivity contribution in [2.75, 3.05) is 0 Å². The van der Waals surface area contributed by atoms with Crippen LogP contribution in [0.1, 0.15) is 91.1 Å². The molecule has 1 saturated carbocycles. The largest absolute Gasteiger partial charge is 0.507 e. The second-order valence-corrected chi connectivity index (χ2v) is 11.5. The fourth-order valence-electron chi connectivity index (χ4n) is 7.08. The topological polar surface area (TPSA) is 83.8 Å². The third kappa shape index (κ3) is 3.42. The number of phenols is 2. The average Bonchev–Trinajstić information content (AvgIpc) is 3.38. The zero-order valence-electron chi connectivity index (χ0n) is 20.9. The summed E-state index contributed by atoms with van der Waals surface area (Å²) in [5.74, 6) is -0.202. The Labute approximate surface area is 206 Å². The molecule has 5 rings (SSSR count). The summed E-state index contributed by atoms with van der Waals surface area (Å²) < 4.78 is 6.73. The normalized spacial score (nSPS) is 32.5. The van der Waals surface area contributed by atoms with Crippen molar-refractivity contribution in [3.8, 4) is 17.2 Å². The molecule has 3 aliphatic rings. The van der Waals surface area contributed by atoms with E-state index in [1.54, 1.807) is 0 Å². The Morgan fingerprint density at radius 1 is 1.00 bits per heavy atom. The maximum absolute atomic E-state index is 12.2. The monoisotopic (exact) mass is 474 g/mol. The predicted molar refractivity (Wildman–Crippen MR) is 134 cm³/mol. The number of ether oxygens (including phenoxy) is 1. The van der Waals surface area contributed by atoms with Crippen LogP contribution in [0.25, 0.3) is 0 Å². The van der Waals surface area contributed by atoms with Gasteiger partial charge in [0.25, 0.3) is 0 Å². The van der Waals surface area contributed by atoms with Gasteiger partial charge in [-0.3, -0.25) is 9.59 Å². The van der Waals surface area contributed by atoms with E-state index in [9.17, 15) is 19.8 Å². The molecular formula is C30H34O5. The first-order chi connectivity index (χ1) is 16.7. The molecule has 0 spiro atoms. The van der Waals surface area contributed by atoms with Gasteiger partial charge < -0.3 is 14.9 Å². The Balaban J connectivity index is 1.84. The van der Waals surface area contributed by atoms with Gasteiger partial charge in [0.1, 0.15) is 23.4 Å². The average molecular weight is 475 g/mol. The Morgan fingerprint density at radius 2 is 1.69 bits per heavy atom. The maximum Gasteiger partial charge on any atom is 0.157 e. The highest BCUT2D eigenvalue weighted by molar-refractivity contribution is 5.95. The molecule has 0 bridgehead atoms. The van der Waals surface area contributed by atoms with Gasteiger partial charge >= 0.3 is 0 Å². The number of hydrogen-bond donors (Lipinski definition) is 2. The van der Waals surface area contributed by atoms with Crippen LogP contribution in [0.15, 0.2) is 42.0 Å². The summed E-state index contributed by atoms with van der Waals surface area (Å²) in [6.45, 7) is 8.97. The first-order valence-electron chi connectivity index (χ1n) is 12.6. The van der Waals surface area contributed by atoms with Gasteiger partial charge in [-0.05, 0) is 49.5 Å². The fourth-order valence-corrected chi connectivity index (χ4v) is 7.08. The number of rotatable bonds is 3. The summed E-state index contributed by atoms with van der Waals surface area (Å²) in [6.07, 6.45) is 7.05. The number of carbonyl (C=O) groups is 2. The van der Waals surface area contributed by atoms with Crippen LogP contribution in [0.4, 0.5) is 0 Å². The summed E-state index contributed by atoms with van der Waals surface area (Å²) >= 11 is 0. The van der Waals surface area contributed by atoms with E-state index in [-0.39, 0.29) is 46.0 Å². The van der Waals surface area contributed by atoms with Gasteiger partial charge in [-0.15, -0.1) is 0 Å². The molecule has 0 aromatic heterocycles. The van der Waals surface area contributed by atoms with Crippen LogP contribution >= 0.6 is 0 Å². The lowest BCUT2D eigenvalue weighted by Gasteiger charge is -2.49. The molecule has 5 heteroatoms. The number of phenolic OH excluding ortho intramolecular Hbond substituents is 2. The summed E-state index contributed by atoms with van der Waals surface area (Å²) in [5, 5.41) is 22.1. The first kappa shape index (κ1) is 23.7. The minimum atomic E-state index is -0.524. The second kappa shape index (κ2) is 8.25. The van der Waals surface area contributed by atoms with E-state index in [1.807, 2.05) is 30.3 Å². The van der Waals surface area contributed by atoms with Gasteiger partial charge in [-0.2, -0.15) is 0 Å². The molecule has 2 aromatic rings. The molecule has 1 fully saturated rings. The van der Waals surface area contributed by atoms with Crippen LogP contribution < -0.4 is 4.74 Å². The SMILES string of the molecule is C/C1=C/C[C@]2(C)[C@@H](c3ccccc3)c3c(O)c(C=O)c(O)c(C=O)c3O[C@H]2[C@@H]2[C@@H](CCC1)C2(C)C. The minimum absolute atomic E-state index is 0.0679. The quantitative estimate of drug-likeness (QED) is 0.396. The summed E-state index contributed by atoms with van der Waals surface area (Å²) in [4.78, 5) is 24.1. The van der Waals surface area contributed by atoms with Crippen molar-refractivity contribution in [2.24, 2.45) is 22.7 Å². The molecule has 5 nitrogen and oxygen atoms in total. The van der Waals surface area contributed by atoms with Gasteiger partial charge in [0.2, 0.25) is 0 Å². The van der Waals surface area contributed by atoms with Crippen molar-refractivity contribution in [3.05, 3.63) is 64.2 Å². The van der Waals surface area contributed by atoms with E-state index in [0.717, 1.165) is 31.2 Å². The molecule has 2 aliphatic carbocycles. The number of carbonyl (C=O) groups excluding carboxylic acids is 2. The van der Waals surface area contributed by atoms with Crippen LogP contribution in [0.3, 0.4) is 0 Å². The van der Waals surface area contributed by atoms with Crippen LogP contribution in [0, 0.1) is 22.7 Å². The summed E-state index contributed by atoms with van der Waals surface area (Å²) in [6, 6.07) is 9.94. The van der Waals surface area contributed by atoms with Crippen LogP contribution in [-0.2, 0) is 0 Å². The molecule has 0 radical (unpaired) electrons. The number of fused-ring (bicyclic) bond motifs is 4. The van der Waals surface area contributed by atoms with Gasteiger partial charge in [-0.1, -0.05) is 62.8 Å². The number of benzene rings is 2.